The van der Waals surface area contributed by atoms with Crippen LogP contribution >= 0.6 is 23.5 Å². The molecule has 5 heteroatoms. The predicted octanol–water partition coefficient (Wildman–Crippen LogP) is 1.22. The summed E-state index contributed by atoms with van der Waals surface area (Å²) in [6, 6.07) is 0.389. The Kier molecular flexibility index (Phi) is 2.83. The van der Waals surface area contributed by atoms with Gasteiger partial charge < -0.3 is 9.80 Å². The second-order valence-electron chi connectivity index (χ2n) is 4.23. The van der Waals surface area contributed by atoms with Crippen molar-refractivity contribution in [2.24, 2.45) is 0 Å². The molecule has 0 radical (unpaired) electrons. The highest BCUT2D eigenvalue weighted by Gasteiger charge is 2.43. The van der Waals surface area contributed by atoms with Crippen LogP contribution in [0.3, 0.4) is 0 Å². The van der Waals surface area contributed by atoms with Gasteiger partial charge in [-0.25, -0.2) is 0 Å². The lowest BCUT2D eigenvalue weighted by Gasteiger charge is -2.30. The maximum atomic E-state index is 12.3. The Bertz CT molecular complexity index is 356. The van der Waals surface area contributed by atoms with E-state index < -0.39 is 0 Å². The lowest BCUT2D eigenvalue weighted by molar-refractivity contribution is -0.127. The number of thioether (sulfide) groups is 2. The van der Waals surface area contributed by atoms with Crippen molar-refractivity contribution in [1.29, 1.82) is 0 Å². The van der Waals surface area contributed by atoms with E-state index in [1.807, 2.05) is 23.5 Å². The van der Waals surface area contributed by atoms with Crippen molar-refractivity contribution in [3.8, 4) is 0 Å². The zero-order valence-corrected chi connectivity index (χ0v) is 11.1. The van der Waals surface area contributed by atoms with Gasteiger partial charge in [-0.2, -0.15) is 11.8 Å². The van der Waals surface area contributed by atoms with Crippen molar-refractivity contribution >= 4 is 29.4 Å². The average Bonchev–Trinajstić information content (AvgIpc) is 2.64. The molecule has 0 bridgehead atoms. The number of carbonyl (C=O) groups excluding carboxylic acids is 1. The third-order valence-corrected chi connectivity index (χ3v) is 5.63. The fraction of sp³-hybridized carbons (Fsp3) is 0.727. The number of hydrogen-bond donors (Lipinski definition) is 0. The molecular formula is C11H16N2OS2. The number of carbonyl (C=O) groups is 1. The molecule has 1 amide bonds. The van der Waals surface area contributed by atoms with Crippen molar-refractivity contribution in [3.05, 3.63) is 10.6 Å². The molecule has 88 valence electrons. The van der Waals surface area contributed by atoms with Crippen LogP contribution < -0.4 is 0 Å². The topological polar surface area (TPSA) is 23.6 Å². The highest BCUT2D eigenvalue weighted by Crippen LogP contribution is 2.41. The molecule has 0 aromatic carbocycles. The van der Waals surface area contributed by atoms with E-state index in [2.05, 4.69) is 16.7 Å². The smallest absolute Gasteiger partial charge is 0.271 e. The van der Waals surface area contributed by atoms with Gasteiger partial charge in [0.2, 0.25) is 0 Å². The van der Waals surface area contributed by atoms with Crippen LogP contribution in [-0.4, -0.2) is 58.6 Å². The summed E-state index contributed by atoms with van der Waals surface area (Å²) in [5.74, 6) is 3.61. The van der Waals surface area contributed by atoms with Crippen LogP contribution in [0.1, 0.15) is 6.92 Å². The van der Waals surface area contributed by atoms with Crippen molar-refractivity contribution in [3.63, 3.8) is 0 Å². The minimum Gasteiger partial charge on any atom is -0.366 e. The van der Waals surface area contributed by atoms with Crippen LogP contribution in [-0.2, 0) is 4.79 Å². The monoisotopic (exact) mass is 256 g/mol. The van der Waals surface area contributed by atoms with E-state index in [1.165, 1.54) is 4.91 Å². The quantitative estimate of drug-likeness (QED) is 0.704. The number of fused-ring (bicyclic) bond motifs is 2. The van der Waals surface area contributed by atoms with Crippen molar-refractivity contribution < 1.29 is 4.79 Å². The summed E-state index contributed by atoms with van der Waals surface area (Å²) in [6.45, 7) is 5.05. The fourth-order valence-electron chi connectivity index (χ4n) is 2.61. The lowest BCUT2D eigenvalue weighted by atomic mass is 10.3. The predicted molar refractivity (Wildman–Crippen MR) is 69.6 cm³/mol. The number of rotatable bonds is 1. The van der Waals surface area contributed by atoms with Gasteiger partial charge in [-0.05, 0) is 6.92 Å². The first-order chi connectivity index (χ1) is 7.83. The van der Waals surface area contributed by atoms with E-state index in [0.717, 1.165) is 42.6 Å². The van der Waals surface area contributed by atoms with Crippen LogP contribution in [0.15, 0.2) is 10.6 Å². The summed E-state index contributed by atoms with van der Waals surface area (Å²) in [5.41, 5.74) is 1.02. The van der Waals surface area contributed by atoms with Gasteiger partial charge in [-0.1, -0.05) is 0 Å². The molecular weight excluding hydrogens is 240 g/mol. The standard InChI is InChI=1S/C11H16N2OS2/c1-2-12-3-6-16-10-8-7-15-5-4-13(8)11(14)9(10)12/h8H,2-7H2,1H3. The Balaban J connectivity index is 1.97. The van der Waals surface area contributed by atoms with Crippen LogP contribution in [0.4, 0.5) is 0 Å². The Hall–Kier alpha value is -0.290. The van der Waals surface area contributed by atoms with E-state index in [0.29, 0.717) is 6.04 Å². The summed E-state index contributed by atoms with van der Waals surface area (Å²) in [4.78, 5) is 18.0. The zero-order valence-electron chi connectivity index (χ0n) is 9.44. The minimum absolute atomic E-state index is 0.286. The maximum Gasteiger partial charge on any atom is 0.271 e. The van der Waals surface area contributed by atoms with Gasteiger partial charge in [0.05, 0.1) is 6.04 Å². The number of likely N-dealkylation sites (N-methyl/N-ethyl adjacent to an activating group) is 1. The molecule has 1 saturated heterocycles. The SMILES string of the molecule is CCN1CCSC2=C1C(=O)N1CCSCC21. The van der Waals surface area contributed by atoms with Gasteiger partial charge in [-0.15, -0.1) is 11.8 Å². The van der Waals surface area contributed by atoms with Crippen molar-refractivity contribution in [2.45, 2.75) is 13.0 Å². The van der Waals surface area contributed by atoms with Gasteiger partial charge >= 0.3 is 0 Å². The van der Waals surface area contributed by atoms with E-state index in [1.54, 1.807) is 0 Å². The summed E-state index contributed by atoms with van der Waals surface area (Å²) < 4.78 is 0. The van der Waals surface area contributed by atoms with Crippen molar-refractivity contribution in [1.82, 2.24) is 9.80 Å². The Morgan fingerprint density at radius 2 is 2.25 bits per heavy atom. The first-order valence-electron chi connectivity index (χ1n) is 5.83. The largest absolute Gasteiger partial charge is 0.366 e. The highest BCUT2D eigenvalue weighted by molar-refractivity contribution is 8.03. The van der Waals surface area contributed by atoms with E-state index in [4.69, 9.17) is 0 Å². The zero-order chi connectivity index (χ0) is 11.1. The molecule has 1 fully saturated rings. The number of amides is 1. The summed E-state index contributed by atoms with van der Waals surface area (Å²) in [6.07, 6.45) is 0. The van der Waals surface area contributed by atoms with E-state index in [9.17, 15) is 4.79 Å². The Morgan fingerprint density at radius 1 is 1.38 bits per heavy atom. The molecule has 0 aliphatic carbocycles. The van der Waals surface area contributed by atoms with Crippen LogP contribution in [0, 0.1) is 0 Å². The average molecular weight is 256 g/mol. The lowest BCUT2D eigenvalue weighted by Crippen LogP contribution is -2.42. The second kappa shape index (κ2) is 4.18. The molecule has 0 spiro atoms. The Labute approximate surface area is 105 Å². The van der Waals surface area contributed by atoms with Gasteiger partial charge in [0.25, 0.3) is 5.91 Å². The molecule has 3 rings (SSSR count). The highest BCUT2D eigenvalue weighted by atomic mass is 32.2. The molecule has 0 aromatic rings. The third kappa shape index (κ3) is 1.48. The molecule has 1 unspecified atom stereocenters. The first kappa shape index (κ1) is 10.8. The molecule has 3 nitrogen and oxygen atoms in total. The van der Waals surface area contributed by atoms with Gasteiger partial charge in [0, 0.05) is 41.8 Å². The van der Waals surface area contributed by atoms with Gasteiger partial charge in [0.15, 0.2) is 0 Å². The molecule has 3 aliphatic rings. The van der Waals surface area contributed by atoms with Crippen LogP contribution in [0.2, 0.25) is 0 Å². The maximum absolute atomic E-state index is 12.3. The summed E-state index contributed by atoms with van der Waals surface area (Å²) in [5, 5.41) is 0. The Morgan fingerprint density at radius 3 is 3.06 bits per heavy atom. The molecule has 3 heterocycles. The van der Waals surface area contributed by atoms with Crippen molar-refractivity contribution in [2.75, 3.05) is 36.9 Å². The number of nitrogens with zero attached hydrogens (tertiary/aromatic N) is 2. The number of hydrogen-bond acceptors (Lipinski definition) is 4. The van der Waals surface area contributed by atoms with E-state index >= 15 is 0 Å². The normalized spacial score (nSPS) is 29.6. The molecule has 1 atom stereocenters. The molecule has 0 saturated carbocycles. The van der Waals surface area contributed by atoms with Crippen LogP contribution in [0.5, 0.6) is 0 Å². The fourth-order valence-corrected chi connectivity index (χ4v) is 5.07. The van der Waals surface area contributed by atoms with Gasteiger partial charge in [-0.3, -0.25) is 4.79 Å². The first-order valence-corrected chi connectivity index (χ1v) is 7.97. The summed E-state index contributed by atoms with van der Waals surface area (Å²) in [7, 11) is 0. The van der Waals surface area contributed by atoms with Crippen LogP contribution in [0.25, 0.3) is 0 Å². The molecule has 3 aliphatic heterocycles. The summed E-state index contributed by atoms with van der Waals surface area (Å²) >= 11 is 3.88. The molecule has 0 N–H and O–H groups in total. The van der Waals surface area contributed by atoms with Gasteiger partial charge in [0.1, 0.15) is 5.70 Å². The second-order valence-corrected chi connectivity index (χ2v) is 6.52. The molecule has 16 heavy (non-hydrogen) atoms. The minimum atomic E-state index is 0.286. The third-order valence-electron chi connectivity index (χ3n) is 3.44. The molecule has 0 aromatic heterocycles. The van der Waals surface area contributed by atoms with E-state index in [-0.39, 0.29) is 5.91 Å².